The van der Waals surface area contributed by atoms with E-state index < -0.39 is 10.0 Å². The molecular formula is C20H24N2O4S. The van der Waals surface area contributed by atoms with Crippen molar-refractivity contribution in [2.75, 3.05) is 25.0 Å². The second-order valence-electron chi connectivity index (χ2n) is 6.46. The van der Waals surface area contributed by atoms with E-state index in [1.165, 1.54) is 4.31 Å². The fraction of sp³-hybridized carbons (Fsp3) is 0.350. The molecule has 6 nitrogen and oxygen atoms in total. The third-order valence-corrected chi connectivity index (χ3v) is 6.45. The second kappa shape index (κ2) is 8.54. The summed E-state index contributed by atoms with van der Waals surface area (Å²) < 4.78 is 32.4. The molecule has 1 aliphatic heterocycles. The van der Waals surface area contributed by atoms with Gasteiger partial charge in [0.1, 0.15) is 5.75 Å². The number of piperidine rings is 1. The van der Waals surface area contributed by atoms with Crippen molar-refractivity contribution in [3.8, 4) is 5.75 Å². The van der Waals surface area contributed by atoms with Crippen molar-refractivity contribution < 1.29 is 17.9 Å². The van der Waals surface area contributed by atoms with Crippen LogP contribution in [-0.2, 0) is 14.8 Å². The van der Waals surface area contributed by atoms with E-state index in [9.17, 15) is 13.2 Å². The highest BCUT2D eigenvalue weighted by atomic mass is 32.2. The van der Waals surface area contributed by atoms with Crippen molar-refractivity contribution in [3.63, 3.8) is 0 Å². The summed E-state index contributed by atoms with van der Waals surface area (Å²) in [6.07, 6.45) is 1.33. The Morgan fingerprint density at radius 2 is 1.85 bits per heavy atom. The third-order valence-electron chi connectivity index (χ3n) is 4.57. The molecule has 27 heavy (non-hydrogen) atoms. The van der Waals surface area contributed by atoms with E-state index in [0.29, 0.717) is 31.7 Å². The van der Waals surface area contributed by atoms with E-state index in [2.05, 4.69) is 5.32 Å². The molecule has 0 bridgehead atoms. The monoisotopic (exact) mass is 388 g/mol. The number of nitrogens with one attached hydrogen (secondary N) is 1. The molecule has 3 rings (SSSR count). The number of anilines is 1. The molecular weight excluding hydrogens is 364 g/mol. The van der Waals surface area contributed by atoms with Gasteiger partial charge in [-0.15, -0.1) is 0 Å². The van der Waals surface area contributed by atoms with Crippen LogP contribution in [-0.4, -0.2) is 38.3 Å². The second-order valence-corrected chi connectivity index (χ2v) is 8.40. The first kappa shape index (κ1) is 19.4. The molecule has 1 N–H and O–H groups in total. The topological polar surface area (TPSA) is 75.7 Å². The smallest absolute Gasteiger partial charge is 0.243 e. The number of carbonyl (C=O) groups is 1. The molecule has 1 fully saturated rings. The Hall–Kier alpha value is -2.38. The Bertz CT molecular complexity index is 867. The number of rotatable bonds is 6. The summed E-state index contributed by atoms with van der Waals surface area (Å²) in [5.74, 6) is 0.212. The zero-order valence-corrected chi connectivity index (χ0v) is 16.1. The number of nitrogens with zero attached hydrogens (tertiary/aromatic N) is 1. The number of hydrogen-bond acceptors (Lipinski definition) is 4. The Kier molecular flexibility index (Phi) is 6.13. The van der Waals surface area contributed by atoms with E-state index in [1.807, 2.05) is 6.92 Å². The molecule has 1 heterocycles. The molecule has 144 valence electrons. The molecule has 0 aromatic heterocycles. The van der Waals surface area contributed by atoms with Gasteiger partial charge in [0.15, 0.2) is 0 Å². The summed E-state index contributed by atoms with van der Waals surface area (Å²) in [6, 6.07) is 15.5. The molecule has 0 unspecified atom stereocenters. The minimum Gasteiger partial charge on any atom is -0.494 e. The van der Waals surface area contributed by atoms with Crippen molar-refractivity contribution in [2.24, 2.45) is 5.92 Å². The standard InChI is InChI=1S/C20H24N2O4S/c1-2-26-18-12-10-17(11-13-18)21-20(23)16-7-6-14-22(15-16)27(24,25)19-8-4-3-5-9-19/h3-5,8-13,16H,2,6-7,14-15H2,1H3,(H,21,23)/t16-/m1/s1. The average Bonchev–Trinajstić information content (AvgIpc) is 2.70. The molecule has 1 aliphatic rings. The summed E-state index contributed by atoms with van der Waals surface area (Å²) in [4.78, 5) is 12.9. The molecule has 7 heteroatoms. The summed E-state index contributed by atoms with van der Waals surface area (Å²) in [7, 11) is -3.58. The molecule has 1 amide bonds. The number of carbonyl (C=O) groups excluding carboxylic acids is 1. The van der Waals surface area contributed by atoms with Gasteiger partial charge in [-0.1, -0.05) is 18.2 Å². The van der Waals surface area contributed by atoms with Gasteiger partial charge in [0.25, 0.3) is 0 Å². The Morgan fingerprint density at radius 1 is 1.15 bits per heavy atom. The zero-order valence-electron chi connectivity index (χ0n) is 15.3. The van der Waals surface area contributed by atoms with Crippen LogP contribution in [0.15, 0.2) is 59.5 Å². The quantitative estimate of drug-likeness (QED) is 0.825. The molecule has 2 aromatic rings. The number of hydrogen-bond donors (Lipinski definition) is 1. The lowest BCUT2D eigenvalue weighted by Crippen LogP contribution is -2.43. The first-order chi connectivity index (χ1) is 13.0. The fourth-order valence-electron chi connectivity index (χ4n) is 3.16. The molecule has 1 saturated heterocycles. The Labute approximate surface area is 160 Å². The highest BCUT2D eigenvalue weighted by molar-refractivity contribution is 7.89. The fourth-order valence-corrected chi connectivity index (χ4v) is 4.71. The molecule has 0 radical (unpaired) electrons. The largest absolute Gasteiger partial charge is 0.494 e. The van der Waals surface area contributed by atoms with Crippen LogP contribution in [0, 0.1) is 5.92 Å². The van der Waals surface area contributed by atoms with Gasteiger partial charge in [-0.25, -0.2) is 8.42 Å². The van der Waals surface area contributed by atoms with Gasteiger partial charge >= 0.3 is 0 Å². The van der Waals surface area contributed by atoms with Crippen LogP contribution in [0.4, 0.5) is 5.69 Å². The number of amides is 1. The lowest BCUT2D eigenvalue weighted by atomic mass is 9.99. The predicted molar refractivity (Wildman–Crippen MR) is 104 cm³/mol. The first-order valence-electron chi connectivity index (χ1n) is 9.09. The maximum atomic E-state index is 12.8. The van der Waals surface area contributed by atoms with Gasteiger partial charge in [-0.2, -0.15) is 4.31 Å². The minimum absolute atomic E-state index is 0.160. The van der Waals surface area contributed by atoms with Crippen LogP contribution in [0.25, 0.3) is 0 Å². The highest BCUT2D eigenvalue weighted by Gasteiger charge is 2.33. The van der Waals surface area contributed by atoms with Gasteiger partial charge in [-0.3, -0.25) is 4.79 Å². The van der Waals surface area contributed by atoms with E-state index in [4.69, 9.17) is 4.74 Å². The van der Waals surface area contributed by atoms with Crippen molar-refractivity contribution in [1.82, 2.24) is 4.31 Å². The first-order valence-corrected chi connectivity index (χ1v) is 10.5. The van der Waals surface area contributed by atoms with E-state index in [1.54, 1.807) is 54.6 Å². The van der Waals surface area contributed by atoms with Crippen molar-refractivity contribution in [1.29, 1.82) is 0 Å². The summed E-state index contributed by atoms with van der Waals surface area (Å²) in [5, 5.41) is 2.88. The van der Waals surface area contributed by atoms with E-state index >= 15 is 0 Å². The lowest BCUT2D eigenvalue weighted by molar-refractivity contribution is -0.120. The summed E-state index contributed by atoms with van der Waals surface area (Å²) in [6.45, 7) is 3.12. The summed E-state index contributed by atoms with van der Waals surface area (Å²) in [5.41, 5.74) is 0.673. The van der Waals surface area contributed by atoms with Gasteiger partial charge in [0.2, 0.25) is 15.9 Å². The van der Waals surface area contributed by atoms with Crippen LogP contribution in [0.3, 0.4) is 0 Å². The molecule has 0 saturated carbocycles. The Morgan fingerprint density at radius 3 is 2.52 bits per heavy atom. The lowest BCUT2D eigenvalue weighted by Gasteiger charge is -2.31. The van der Waals surface area contributed by atoms with Crippen LogP contribution >= 0.6 is 0 Å². The van der Waals surface area contributed by atoms with Crippen molar-refractivity contribution in [3.05, 3.63) is 54.6 Å². The highest BCUT2D eigenvalue weighted by Crippen LogP contribution is 2.25. The average molecular weight is 388 g/mol. The maximum Gasteiger partial charge on any atom is 0.243 e. The van der Waals surface area contributed by atoms with Gasteiger partial charge in [0, 0.05) is 18.8 Å². The molecule has 0 aliphatic carbocycles. The van der Waals surface area contributed by atoms with Gasteiger partial charge < -0.3 is 10.1 Å². The molecule has 2 aromatic carbocycles. The number of benzene rings is 2. The summed E-state index contributed by atoms with van der Waals surface area (Å²) >= 11 is 0. The SMILES string of the molecule is CCOc1ccc(NC(=O)[C@@H]2CCCN(S(=O)(=O)c3ccccc3)C2)cc1. The van der Waals surface area contributed by atoms with Gasteiger partial charge in [-0.05, 0) is 56.2 Å². The van der Waals surface area contributed by atoms with Crippen LogP contribution in [0.2, 0.25) is 0 Å². The number of ether oxygens (including phenoxy) is 1. The van der Waals surface area contributed by atoms with Crippen LogP contribution < -0.4 is 10.1 Å². The zero-order chi connectivity index (χ0) is 19.3. The maximum absolute atomic E-state index is 12.8. The van der Waals surface area contributed by atoms with Crippen molar-refractivity contribution in [2.45, 2.75) is 24.7 Å². The van der Waals surface area contributed by atoms with E-state index in [-0.39, 0.29) is 23.3 Å². The Balaban J connectivity index is 1.66. The van der Waals surface area contributed by atoms with E-state index in [0.717, 1.165) is 5.75 Å². The number of sulfonamides is 1. The predicted octanol–water partition coefficient (Wildman–Crippen LogP) is 3.12. The normalized spacial score (nSPS) is 18.0. The minimum atomic E-state index is -3.58. The van der Waals surface area contributed by atoms with Crippen LogP contribution in [0.1, 0.15) is 19.8 Å². The van der Waals surface area contributed by atoms with Crippen molar-refractivity contribution >= 4 is 21.6 Å². The molecule has 0 spiro atoms. The van der Waals surface area contributed by atoms with Gasteiger partial charge in [0.05, 0.1) is 17.4 Å². The van der Waals surface area contributed by atoms with Crippen LogP contribution in [0.5, 0.6) is 5.75 Å². The third kappa shape index (κ3) is 4.67. The molecule has 1 atom stereocenters.